The average molecular weight is 372 g/mol. The molecule has 0 aliphatic rings. The molecule has 0 unspecified atom stereocenters. The van der Waals surface area contributed by atoms with E-state index in [2.05, 4.69) is 25.7 Å². The SMILES string of the molecule is CCCCCCCCCCCCN.CCCCN(CCCC)CCCN. The summed E-state index contributed by atoms with van der Waals surface area (Å²) < 4.78 is 0. The van der Waals surface area contributed by atoms with E-state index >= 15 is 0 Å². The van der Waals surface area contributed by atoms with Crippen molar-refractivity contribution in [1.29, 1.82) is 0 Å². The first kappa shape index (κ1) is 28.1. The van der Waals surface area contributed by atoms with Crippen molar-refractivity contribution in [3.8, 4) is 0 Å². The summed E-state index contributed by atoms with van der Waals surface area (Å²) in [6.07, 6.45) is 20.3. The summed E-state index contributed by atoms with van der Waals surface area (Å²) in [6.45, 7) is 12.2. The summed E-state index contributed by atoms with van der Waals surface area (Å²) >= 11 is 0. The van der Waals surface area contributed by atoms with Crippen LogP contribution in [0.1, 0.15) is 117 Å². The van der Waals surface area contributed by atoms with E-state index < -0.39 is 0 Å². The molecule has 0 spiro atoms. The predicted octanol–water partition coefficient (Wildman–Crippen LogP) is 6.10. The third kappa shape index (κ3) is 26.1. The van der Waals surface area contributed by atoms with Gasteiger partial charge in [0.25, 0.3) is 0 Å². The normalized spacial score (nSPS) is 10.8. The molecular formula is C23H53N3. The van der Waals surface area contributed by atoms with Gasteiger partial charge >= 0.3 is 0 Å². The van der Waals surface area contributed by atoms with E-state index in [1.165, 1.54) is 110 Å². The molecular weight excluding hydrogens is 318 g/mol. The Morgan fingerprint density at radius 2 is 0.769 bits per heavy atom. The minimum atomic E-state index is 0.828. The van der Waals surface area contributed by atoms with E-state index in [9.17, 15) is 0 Å². The molecule has 4 N–H and O–H groups in total. The van der Waals surface area contributed by atoms with Crippen LogP contribution in [0.5, 0.6) is 0 Å². The van der Waals surface area contributed by atoms with E-state index in [1.807, 2.05) is 0 Å². The Hall–Kier alpha value is -0.120. The fourth-order valence-electron chi connectivity index (χ4n) is 3.05. The lowest BCUT2D eigenvalue weighted by atomic mass is 10.1. The number of unbranched alkanes of at least 4 members (excludes halogenated alkanes) is 11. The lowest BCUT2D eigenvalue weighted by molar-refractivity contribution is 0.263. The van der Waals surface area contributed by atoms with Gasteiger partial charge < -0.3 is 16.4 Å². The number of hydrogen-bond acceptors (Lipinski definition) is 3. The van der Waals surface area contributed by atoms with Crippen LogP contribution in [-0.4, -0.2) is 37.6 Å². The Bertz CT molecular complexity index is 192. The van der Waals surface area contributed by atoms with E-state index in [-0.39, 0.29) is 0 Å². The smallest absolute Gasteiger partial charge is 0.000672 e. The van der Waals surface area contributed by atoms with Crippen LogP contribution in [-0.2, 0) is 0 Å². The molecule has 0 radical (unpaired) electrons. The zero-order chi connectivity index (χ0) is 19.7. The number of rotatable bonds is 19. The zero-order valence-electron chi connectivity index (χ0n) is 18.7. The molecule has 0 aromatic rings. The average Bonchev–Trinajstić information content (AvgIpc) is 2.66. The van der Waals surface area contributed by atoms with Crippen molar-refractivity contribution in [3.05, 3.63) is 0 Å². The van der Waals surface area contributed by atoms with Crippen molar-refractivity contribution < 1.29 is 0 Å². The van der Waals surface area contributed by atoms with E-state index in [0.29, 0.717) is 0 Å². The van der Waals surface area contributed by atoms with Crippen LogP contribution in [0.4, 0.5) is 0 Å². The van der Waals surface area contributed by atoms with Gasteiger partial charge in [0.15, 0.2) is 0 Å². The van der Waals surface area contributed by atoms with Crippen LogP contribution >= 0.6 is 0 Å². The van der Waals surface area contributed by atoms with Gasteiger partial charge in [-0.05, 0) is 58.4 Å². The van der Waals surface area contributed by atoms with Crippen molar-refractivity contribution in [3.63, 3.8) is 0 Å². The summed E-state index contributed by atoms with van der Waals surface area (Å²) in [7, 11) is 0. The molecule has 0 bridgehead atoms. The van der Waals surface area contributed by atoms with Gasteiger partial charge in [-0.1, -0.05) is 91.4 Å². The lowest BCUT2D eigenvalue weighted by Crippen LogP contribution is -2.28. The van der Waals surface area contributed by atoms with Crippen molar-refractivity contribution in [1.82, 2.24) is 4.90 Å². The Morgan fingerprint density at radius 1 is 0.423 bits per heavy atom. The van der Waals surface area contributed by atoms with Crippen molar-refractivity contribution in [2.75, 3.05) is 32.7 Å². The third-order valence-corrected chi connectivity index (χ3v) is 4.89. The number of hydrogen-bond donors (Lipinski definition) is 2. The van der Waals surface area contributed by atoms with Gasteiger partial charge in [-0.15, -0.1) is 0 Å². The van der Waals surface area contributed by atoms with Gasteiger partial charge in [0, 0.05) is 0 Å². The van der Waals surface area contributed by atoms with Gasteiger partial charge in [0.2, 0.25) is 0 Å². The van der Waals surface area contributed by atoms with Crippen LogP contribution in [0.2, 0.25) is 0 Å². The molecule has 0 saturated heterocycles. The monoisotopic (exact) mass is 371 g/mol. The molecule has 0 saturated carbocycles. The quantitative estimate of drug-likeness (QED) is 0.270. The fourth-order valence-corrected chi connectivity index (χ4v) is 3.05. The van der Waals surface area contributed by atoms with Crippen LogP contribution < -0.4 is 11.5 Å². The van der Waals surface area contributed by atoms with Crippen LogP contribution in [0.15, 0.2) is 0 Å². The molecule has 160 valence electrons. The largest absolute Gasteiger partial charge is 0.330 e. The Labute approximate surface area is 166 Å². The van der Waals surface area contributed by atoms with Gasteiger partial charge in [-0.3, -0.25) is 0 Å². The van der Waals surface area contributed by atoms with Gasteiger partial charge in [0.1, 0.15) is 0 Å². The fraction of sp³-hybridized carbons (Fsp3) is 1.00. The summed E-state index contributed by atoms with van der Waals surface area (Å²) in [4.78, 5) is 2.56. The molecule has 0 heterocycles. The summed E-state index contributed by atoms with van der Waals surface area (Å²) in [6, 6.07) is 0. The highest BCUT2D eigenvalue weighted by atomic mass is 15.1. The molecule has 0 aromatic carbocycles. The van der Waals surface area contributed by atoms with E-state index in [0.717, 1.165) is 19.5 Å². The maximum atomic E-state index is 5.51. The highest BCUT2D eigenvalue weighted by Crippen LogP contribution is 2.09. The molecule has 0 atom stereocenters. The molecule has 0 rings (SSSR count). The first-order valence-corrected chi connectivity index (χ1v) is 11.9. The maximum absolute atomic E-state index is 5.51. The molecule has 0 fully saturated rings. The summed E-state index contributed by atoms with van der Waals surface area (Å²) in [5, 5.41) is 0. The molecule has 3 nitrogen and oxygen atoms in total. The van der Waals surface area contributed by atoms with Gasteiger partial charge in [-0.25, -0.2) is 0 Å². The third-order valence-electron chi connectivity index (χ3n) is 4.89. The zero-order valence-corrected chi connectivity index (χ0v) is 18.7. The molecule has 0 aliphatic carbocycles. The Kier molecular flexibility index (Phi) is 29.3. The minimum absolute atomic E-state index is 0.828. The van der Waals surface area contributed by atoms with Crippen molar-refractivity contribution >= 4 is 0 Å². The highest BCUT2D eigenvalue weighted by Gasteiger charge is 2.01. The predicted molar refractivity (Wildman–Crippen MR) is 121 cm³/mol. The number of nitrogens with two attached hydrogens (primary N) is 2. The second kappa shape index (κ2) is 27.1. The maximum Gasteiger partial charge on any atom is -0.000672 e. The number of nitrogens with zero attached hydrogens (tertiary/aromatic N) is 1. The summed E-state index contributed by atoms with van der Waals surface area (Å²) in [5.41, 5.74) is 10.9. The van der Waals surface area contributed by atoms with Crippen LogP contribution in [0, 0.1) is 0 Å². The lowest BCUT2D eigenvalue weighted by Gasteiger charge is -2.21. The van der Waals surface area contributed by atoms with Crippen LogP contribution in [0.25, 0.3) is 0 Å². The van der Waals surface area contributed by atoms with Gasteiger partial charge in [-0.2, -0.15) is 0 Å². The minimum Gasteiger partial charge on any atom is -0.330 e. The Morgan fingerprint density at radius 3 is 1.15 bits per heavy atom. The molecule has 0 aliphatic heterocycles. The first-order chi connectivity index (χ1) is 12.8. The molecule has 0 amide bonds. The van der Waals surface area contributed by atoms with Crippen molar-refractivity contribution in [2.45, 2.75) is 117 Å². The van der Waals surface area contributed by atoms with Gasteiger partial charge in [0.05, 0.1) is 0 Å². The Balaban J connectivity index is 0. The standard InChI is InChI=1S/C12H27N.C11H26N2/c1-2-3-4-5-6-7-8-9-10-11-12-13;1-3-5-9-13(10-6-4-2)11-7-8-12/h2-13H2,1H3;3-12H2,1-2H3. The topological polar surface area (TPSA) is 55.3 Å². The molecule has 26 heavy (non-hydrogen) atoms. The second-order valence-electron chi connectivity index (χ2n) is 7.66. The molecule has 3 heteroatoms. The highest BCUT2D eigenvalue weighted by molar-refractivity contribution is 4.58. The molecule has 0 aromatic heterocycles. The second-order valence-corrected chi connectivity index (χ2v) is 7.66. The van der Waals surface area contributed by atoms with E-state index in [4.69, 9.17) is 11.5 Å². The first-order valence-electron chi connectivity index (χ1n) is 11.9. The van der Waals surface area contributed by atoms with Crippen molar-refractivity contribution in [2.24, 2.45) is 11.5 Å². The summed E-state index contributed by atoms with van der Waals surface area (Å²) in [5.74, 6) is 0. The van der Waals surface area contributed by atoms with E-state index in [1.54, 1.807) is 0 Å². The van der Waals surface area contributed by atoms with Crippen LogP contribution in [0.3, 0.4) is 0 Å².